The second kappa shape index (κ2) is 7.35. The molecule has 2 aromatic rings. The molecule has 0 saturated heterocycles. The molecule has 2 rings (SSSR count). The van der Waals surface area contributed by atoms with Crippen molar-refractivity contribution in [3.8, 4) is 5.75 Å². The number of para-hydroxylation sites is 1. The molecule has 24 heavy (non-hydrogen) atoms. The van der Waals surface area contributed by atoms with Crippen molar-refractivity contribution >= 4 is 27.3 Å². The van der Waals surface area contributed by atoms with E-state index in [0.29, 0.717) is 11.4 Å². The molecule has 0 heterocycles. The van der Waals surface area contributed by atoms with Crippen LogP contribution in [0, 0.1) is 0 Å². The first-order valence-corrected chi connectivity index (χ1v) is 9.12. The van der Waals surface area contributed by atoms with E-state index in [1.165, 1.54) is 16.3 Å². The van der Waals surface area contributed by atoms with Gasteiger partial charge in [-0.2, -0.15) is 0 Å². The third-order valence-corrected chi connectivity index (χ3v) is 4.78. The topological polar surface area (TPSA) is 66.9 Å². The first kappa shape index (κ1) is 17.8. The number of amides is 1. The van der Waals surface area contributed by atoms with Crippen LogP contribution in [-0.4, -0.2) is 41.3 Å². The Hall–Kier alpha value is -2.54. The number of carbonyl (C=O) groups is 1. The number of sulfonamides is 1. The van der Waals surface area contributed by atoms with E-state index < -0.39 is 10.0 Å². The monoisotopic (exact) mass is 348 g/mol. The molecule has 0 radical (unpaired) electrons. The van der Waals surface area contributed by atoms with Gasteiger partial charge in [-0.25, -0.2) is 8.42 Å². The number of anilines is 2. The zero-order valence-electron chi connectivity index (χ0n) is 13.8. The van der Waals surface area contributed by atoms with Crippen molar-refractivity contribution in [2.45, 2.75) is 0 Å². The summed E-state index contributed by atoms with van der Waals surface area (Å²) in [7, 11) is -0.143. The van der Waals surface area contributed by atoms with Crippen molar-refractivity contribution in [3.05, 3.63) is 54.6 Å². The van der Waals surface area contributed by atoms with Crippen molar-refractivity contribution in [1.29, 1.82) is 0 Å². The van der Waals surface area contributed by atoms with Gasteiger partial charge < -0.3 is 9.64 Å². The summed E-state index contributed by atoms with van der Waals surface area (Å²) in [6.45, 7) is -0.105. The average molecular weight is 348 g/mol. The fraction of sp³-hybridized carbons (Fsp3) is 0.235. The van der Waals surface area contributed by atoms with Crippen molar-refractivity contribution in [2.75, 3.05) is 36.2 Å². The fourth-order valence-corrected chi connectivity index (χ4v) is 2.49. The smallest absolute Gasteiger partial charge is 0.264 e. The normalized spacial score (nSPS) is 11.0. The van der Waals surface area contributed by atoms with Gasteiger partial charge in [-0.3, -0.25) is 9.10 Å². The van der Waals surface area contributed by atoms with E-state index in [9.17, 15) is 13.2 Å². The van der Waals surface area contributed by atoms with Crippen LogP contribution in [-0.2, 0) is 14.8 Å². The van der Waals surface area contributed by atoms with Crippen molar-refractivity contribution < 1.29 is 17.9 Å². The van der Waals surface area contributed by atoms with Gasteiger partial charge in [-0.1, -0.05) is 18.2 Å². The Bertz CT molecular complexity index is 789. The summed E-state index contributed by atoms with van der Waals surface area (Å²) in [5, 5.41) is 0. The van der Waals surface area contributed by atoms with Gasteiger partial charge in [-0.15, -0.1) is 0 Å². The maximum Gasteiger partial charge on any atom is 0.264 e. The molecular formula is C17H20N2O4S. The van der Waals surface area contributed by atoms with Crippen LogP contribution in [0.15, 0.2) is 54.6 Å². The average Bonchev–Trinajstić information content (AvgIpc) is 2.58. The molecule has 0 aliphatic heterocycles. The predicted molar refractivity (Wildman–Crippen MR) is 95.0 cm³/mol. The summed E-state index contributed by atoms with van der Waals surface area (Å²) in [4.78, 5) is 13.7. The molecule has 0 aliphatic rings. The fourth-order valence-electron chi connectivity index (χ4n) is 1.98. The Labute approximate surface area is 142 Å². The van der Waals surface area contributed by atoms with Crippen LogP contribution >= 0.6 is 0 Å². The Kier molecular flexibility index (Phi) is 5.46. The predicted octanol–water partition coefficient (Wildman–Crippen LogP) is 2.12. The van der Waals surface area contributed by atoms with Gasteiger partial charge in [0.05, 0.1) is 11.9 Å². The molecule has 0 aliphatic carbocycles. The second-order valence-electron chi connectivity index (χ2n) is 5.30. The van der Waals surface area contributed by atoms with Crippen LogP contribution in [0.25, 0.3) is 0 Å². The minimum Gasteiger partial charge on any atom is -0.484 e. The second-order valence-corrected chi connectivity index (χ2v) is 7.32. The molecule has 6 nitrogen and oxygen atoms in total. The molecule has 0 aromatic heterocycles. The molecule has 2 aromatic carbocycles. The lowest BCUT2D eigenvalue weighted by atomic mass is 10.3. The van der Waals surface area contributed by atoms with Crippen molar-refractivity contribution in [3.63, 3.8) is 0 Å². The SMILES string of the molecule is CN(C(=O)COc1ccc(N(C)S(C)(=O)=O)cc1)c1ccccc1. The van der Waals surface area contributed by atoms with Crippen molar-refractivity contribution in [1.82, 2.24) is 0 Å². The minimum atomic E-state index is -3.30. The summed E-state index contributed by atoms with van der Waals surface area (Å²) in [6, 6.07) is 15.8. The summed E-state index contributed by atoms with van der Waals surface area (Å²) >= 11 is 0. The molecule has 0 unspecified atom stereocenters. The number of carbonyl (C=O) groups excluding carboxylic acids is 1. The molecule has 0 saturated carbocycles. The molecule has 0 spiro atoms. The number of ether oxygens (including phenoxy) is 1. The summed E-state index contributed by atoms with van der Waals surface area (Å²) < 4.78 is 29.6. The third kappa shape index (κ3) is 4.48. The minimum absolute atomic E-state index is 0.105. The van der Waals surface area contributed by atoms with Gasteiger partial charge in [0.2, 0.25) is 10.0 Å². The summed E-state index contributed by atoms with van der Waals surface area (Å²) in [5.41, 5.74) is 1.31. The molecule has 0 atom stereocenters. The van der Waals surface area contributed by atoms with Crippen LogP contribution < -0.4 is 13.9 Å². The van der Waals surface area contributed by atoms with Crippen molar-refractivity contribution in [2.24, 2.45) is 0 Å². The first-order valence-electron chi connectivity index (χ1n) is 7.27. The van der Waals surface area contributed by atoms with Crippen LogP contribution in [0.2, 0.25) is 0 Å². The largest absolute Gasteiger partial charge is 0.484 e. The molecule has 1 amide bonds. The van der Waals surface area contributed by atoms with E-state index in [2.05, 4.69) is 0 Å². The first-order chi connectivity index (χ1) is 11.3. The van der Waals surface area contributed by atoms with Gasteiger partial charge in [0.15, 0.2) is 6.61 Å². The highest BCUT2D eigenvalue weighted by molar-refractivity contribution is 7.92. The lowest BCUT2D eigenvalue weighted by Gasteiger charge is -2.18. The van der Waals surface area contributed by atoms with E-state index >= 15 is 0 Å². The van der Waals surface area contributed by atoms with Gasteiger partial charge in [-0.05, 0) is 36.4 Å². The lowest BCUT2D eigenvalue weighted by Crippen LogP contribution is -2.31. The van der Waals surface area contributed by atoms with Crippen LogP contribution in [0.1, 0.15) is 0 Å². The highest BCUT2D eigenvalue weighted by atomic mass is 32.2. The van der Waals surface area contributed by atoms with E-state index in [-0.39, 0.29) is 12.5 Å². The zero-order chi connectivity index (χ0) is 17.7. The number of hydrogen-bond acceptors (Lipinski definition) is 4. The number of rotatable bonds is 6. The van der Waals surface area contributed by atoms with E-state index in [4.69, 9.17) is 4.74 Å². The molecule has 0 bridgehead atoms. The molecular weight excluding hydrogens is 328 g/mol. The zero-order valence-corrected chi connectivity index (χ0v) is 14.7. The Morgan fingerprint density at radius 2 is 1.54 bits per heavy atom. The van der Waals surface area contributed by atoms with E-state index in [0.717, 1.165) is 11.9 Å². The number of hydrogen-bond donors (Lipinski definition) is 0. The van der Waals surface area contributed by atoms with Gasteiger partial charge >= 0.3 is 0 Å². The Balaban J connectivity index is 1.96. The number of benzene rings is 2. The van der Waals surface area contributed by atoms with Gasteiger partial charge in [0.1, 0.15) is 5.75 Å². The number of likely N-dealkylation sites (N-methyl/N-ethyl adjacent to an activating group) is 1. The maximum absolute atomic E-state index is 12.1. The van der Waals surface area contributed by atoms with E-state index in [1.54, 1.807) is 31.3 Å². The van der Waals surface area contributed by atoms with E-state index in [1.807, 2.05) is 30.3 Å². The van der Waals surface area contributed by atoms with Crippen LogP contribution in [0.5, 0.6) is 5.75 Å². The summed E-state index contributed by atoms with van der Waals surface area (Å²) in [6.07, 6.45) is 1.13. The van der Waals surface area contributed by atoms with Gasteiger partial charge in [0, 0.05) is 19.8 Å². The Morgan fingerprint density at radius 1 is 0.958 bits per heavy atom. The molecule has 7 heteroatoms. The third-order valence-electron chi connectivity index (χ3n) is 3.58. The quantitative estimate of drug-likeness (QED) is 0.802. The number of nitrogens with zero attached hydrogens (tertiary/aromatic N) is 2. The highest BCUT2D eigenvalue weighted by Gasteiger charge is 2.13. The molecule has 128 valence electrons. The summed E-state index contributed by atoms with van der Waals surface area (Å²) in [5.74, 6) is 0.314. The van der Waals surface area contributed by atoms with Crippen LogP contribution in [0.3, 0.4) is 0 Å². The Morgan fingerprint density at radius 3 is 2.08 bits per heavy atom. The molecule has 0 N–H and O–H groups in total. The highest BCUT2D eigenvalue weighted by Crippen LogP contribution is 2.20. The molecule has 0 fully saturated rings. The van der Waals surface area contributed by atoms with Gasteiger partial charge in [0.25, 0.3) is 5.91 Å². The maximum atomic E-state index is 12.1. The van der Waals surface area contributed by atoms with Crippen LogP contribution in [0.4, 0.5) is 11.4 Å². The standard InChI is InChI=1S/C17H20N2O4S/c1-18(14-7-5-4-6-8-14)17(20)13-23-16-11-9-15(10-12-16)19(2)24(3,21)22/h4-12H,13H2,1-3H3. The lowest BCUT2D eigenvalue weighted by molar-refractivity contribution is -0.120.